The molecule has 3 aromatic carbocycles. The molecule has 0 nitrogen and oxygen atoms in total. The van der Waals surface area contributed by atoms with Gasteiger partial charge in [-0.1, -0.05) is 0 Å². The topological polar surface area (TPSA) is 0 Å². The average Bonchev–Trinajstić information content (AvgIpc) is 2.89. The molecule has 0 bridgehead atoms. The molecule has 3 aromatic rings. The molecule has 0 heterocycles. The van der Waals surface area contributed by atoms with E-state index in [1.807, 2.05) is 0 Å². The van der Waals surface area contributed by atoms with E-state index in [0.29, 0.717) is 0 Å². The predicted octanol–water partition coefficient (Wildman–Crippen LogP) is 9.17. The van der Waals surface area contributed by atoms with Gasteiger partial charge < -0.3 is 0 Å². The van der Waals surface area contributed by atoms with Crippen molar-refractivity contribution in [1.82, 2.24) is 0 Å². The van der Waals surface area contributed by atoms with Crippen LogP contribution in [-0.4, -0.2) is 6.16 Å². The van der Waals surface area contributed by atoms with Gasteiger partial charge in [0.15, 0.2) is 0 Å². The van der Waals surface area contributed by atoms with Gasteiger partial charge in [0.1, 0.15) is 0 Å². The maximum absolute atomic E-state index is 8.16. The number of allylic oxidation sites excluding steroid dienone is 4. The Morgan fingerprint density at radius 2 is 1.11 bits per heavy atom. The Hall–Kier alpha value is -2.14. The van der Waals surface area contributed by atoms with E-state index in [1.165, 1.54) is 46.3 Å². The van der Waals surface area contributed by atoms with Crippen molar-refractivity contribution in [1.29, 1.82) is 0 Å². The van der Waals surface area contributed by atoms with E-state index in [1.54, 1.807) is 0 Å². The summed E-state index contributed by atoms with van der Waals surface area (Å²) in [5.74, 6) is -2.42. The van der Waals surface area contributed by atoms with Crippen molar-refractivity contribution in [3.63, 3.8) is 0 Å². The molecule has 2 heteroatoms. The van der Waals surface area contributed by atoms with E-state index in [-0.39, 0.29) is 0 Å². The van der Waals surface area contributed by atoms with Crippen molar-refractivity contribution in [2.24, 2.45) is 5.92 Å². The van der Waals surface area contributed by atoms with Gasteiger partial charge >= 0.3 is 219 Å². The standard InChI is InChI=1S/C33H42ClP/c1-28(2)16-14-17-29(3)18-15-19-30(4)26-27-35(34,31-20-8-5-9-21-31,32-22-10-6-11-23-32)33-24-12-7-13-25-33/h5-13,18,20-26,28H,14-17,19,27H2,1-4H3/b29-18+,30-26+. The van der Waals surface area contributed by atoms with Gasteiger partial charge in [-0.2, -0.15) is 0 Å². The molecular formula is C33H42ClP. The Morgan fingerprint density at radius 1 is 0.686 bits per heavy atom. The molecule has 186 valence electrons. The van der Waals surface area contributed by atoms with Crippen LogP contribution in [0, 0.1) is 5.92 Å². The molecule has 0 amide bonds. The maximum atomic E-state index is 8.16. The van der Waals surface area contributed by atoms with Gasteiger partial charge in [0.25, 0.3) is 0 Å². The third kappa shape index (κ3) is 6.75. The van der Waals surface area contributed by atoms with Crippen molar-refractivity contribution < 1.29 is 0 Å². The van der Waals surface area contributed by atoms with Crippen LogP contribution < -0.4 is 15.9 Å². The van der Waals surface area contributed by atoms with Crippen molar-refractivity contribution in [2.45, 2.75) is 59.8 Å². The summed E-state index contributed by atoms with van der Waals surface area (Å²) in [5.41, 5.74) is 2.93. The van der Waals surface area contributed by atoms with Gasteiger partial charge in [0.05, 0.1) is 0 Å². The summed E-state index contributed by atoms with van der Waals surface area (Å²) in [6.45, 7) is 9.16. The van der Waals surface area contributed by atoms with Crippen LogP contribution in [0.3, 0.4) is 0 Å². The molecule has 3 rings (SSSR count). The summed E-state index contributed by atoms with van der Waals surface area (Å²) >= 11 is 8.16. The Morgan fingerprint density at radius 3 is 1.54 bits per heavy atom. The van der Waals surface area contributed by atoms with E-state index >= 15 is 0 Å². The summed E-state index contributed by atoms with van der Waals surface area (Å²) in [5, 5.41) is 3.67. The van der Waals surface area contributed by atoms with Crippen LogP contribution in [0.4, 0.5) is 0 Å². The first-order valence-electron chi connectivity index (χ1n) is 13.1. The van der Waals surface area contributed by atoms with Gasteiger partial charge in [-0.3, -0.25) is 0 Å². The molecule has 0 saturated carbocycles. The molecule has 0 atom stereocenters. The first-order valence-corrected chi connectivity index (χ1v) is 16.4. The van der Waals surface area contributed by atoms with Crippen molar-refractivity contribution in [2.75, 3.05) is 6.16 Å². The fourth-order valence-electron chi connectivity index (χ4n) is 4.85. The zero-order valence-electron chi connectivity index (χ0n) is 22.0. The molecule has 0 N–H and O–H groups in total. The predicted molar refractivity (Wildman–Crippen MR) is 161 cm³/mol. The minimum atomic E-state index is -3.21. The summed E-state index contributed by atoms with van der Waals surface area (Å²) in [6.07, 6.45) is 11.7. The summed E-state index contributed by atoms with van der Waals surface area (Å²) in [6, 6.07) is 32.3. The third-order valence-corrected chi connectivity index (χ3v) is 14.2. The quantitative estimate of drug-likeness (QED) is 0.170. The molecule has 0 saturated heterocycles. The van der Waals surface area contributed by atoms with Gasteiger partial charge in [-0.05, 0) is 0 Å². The Labute approximate surface area is 218 Å². The molecule has 0 aliphatic rings. The SMILES string of the molecule is C/C(=C\CP(Cl)(c1ccccc1)(c1ccccc1)c1ccccc1)CC/C=C(\C)CCCC(C)C. The first kappa shape index (κ1) is 27.4. The Kier molecular flexibility index (Phi) is 9.97. The number of hydrogen-bond donors (Lipinski definition) is 0. The minimum absolute atomic E-state index is 0.791. The molecule has 0 aromatic heterocycles. The summed E-state index contributed by atoms with van der Waals surface area (Å²) in [4.78, 5) is 0. The Balaban J connectivity index is 1.92. The van der Waals surface area contributed by atoms with E-state index < -0.39 is 5.96 Å². The fraction of sp³-hybridized carbons (Fsp3) is 0.333. The summed E-state index contributed by atoms with van der Waals surface area (Å²) in [7, 11) is 0. The third-order valence-electron chi connectivity index (χ3n) is 7.05. The fourth-order valence-corrected chi connectivity index (χ4v) is 10.6. The monoisotopic (exact) mass is 504 g/mol. The number of hydrogen-bond acceptors (Lipinski definition) is 0. The van der Waals surface area contributed by atoms with Crippen LogP contribution >= 0.6 is 17.2 Å². The molecule has 35 heavy (non-hydrogen) atoms. The molecule has 0 unspecified atom stereocenters. The van der Waals surface area contributed by atoms with Crippen molar-refractivity contribution >= 4 is 33.1 Å². The van der Waals surface area contributed by atoms with Crippen LogP contribution in [0.5, 0.6) is 0 Å². The molecule has 0 aliphatic carbocycles. The van der Waals surface area contributed by atoms with E-state index in [9.17, 15) is 0 Å². The average molecular weight is 505 g/mol. The molecular weight excluding hydrogens is 463 g/mol. The van der Waals surface area contributed by atoms with E-state index in [2.05, 4.69) is 131 Å². The second-order valence-electron chi connectivity index (χ2n) is 10.3. The molecule has 0 aliphatic heterocycles. The molecule has 0 fully saturated rings. The number of benzene rings is 3. The number of halogens is 1. The van der Waals surface area contributed by atoms with Gasteiger partial charge in [-0.15, -0.1) is 0 Å². The first-order chi connectivity index (χ1) is 16.8. The second-order valence-corrected chi connectivity index (χ2v) is 16.8. The molecule has 0 radical (unpaired) electrons. The van der Waals surface area contributed by atoms with Crippen LogP contribution in [0.2, 0.25) is 0 Å². The van der Waals surface area contributed by atoms with Gasteiger partial charge in [0.2, 0.25) is 0 Å². The van der Waals surface area contributed by atoms with Crippen molar-refractivity contribution in [3.8, 4) is 0 Å². The van der Waals surface area contributed by atoms with Crippen LogP contribution in [-0.2, 0) is 0 Å². The van der Waals surface area contributed by atoms with Gasteiger partial charge in [0, 0.05) is 0 Å². The zero-order valence-corrected chi connectivity index (χ0v) is 23.6. The van der Waals surface area contributed by atoms with Crippen LogP contribution in [0.25, 0.3) is 0 Å². The van der Waals surface area contributed by atoms with E-state index in [4.69, 9.17) is 11.2 Å². The Bertz CT molecular complexity index is 998. The van der Waals surface area contributed by atoms with Crippen molar-refractivity contribution in [3.05, 3.63) is 114 Å². The van der Waals surface area contributed by atoms with Crippen LogP contribution in [0.1, 0.15) is 59.8 Å². The van der Waals surface area contributed by atoms with Gasteiger partial charge in [-0.25, -0.2) is 0 Å². The molecule has 0 spiro atoms. The zero-order chi connectivity index (χ0) is 25.2. The van der Waals surface area contributed by atoms with Crippen LogP contribution in [0.15, 0.2) is 114 Å². The second kappa shape index (κ2) is 12.7. The number of rotatable bonds is 12. The normalized spacial score (nSPS) is 14.1. The van der Waals surface area contributed by atoms with E-state index in [0.717, 1.165) is 24.9 Å². The summed E-state index contributed by atoms with van der Waals surface area (Å²) < 4.78 is 0.